The summed E-state index contributed by atoms with van der Waals surface area (Å²) in [5.74, 6) is -4.26. The minimum atomic E-state index is -2.78. The molecule has 0 bridgehead atoms. The van der Waals surface area contributed by atoms with E-state index in [0.717, 1.165) is 17.4 Å². The smallest absolute Gasteiger partial charge is 0.291 e. The maximum Gasteiger partial charge on any atom is 0.291 e. The molecule has 3 heterocycles. The number of piperidine rings is 1. The van der Waals surface area contributed by atoms with Crippen LogP contribution in [0.1, 0.15) is 62.4 Å². The highest BCUT2D eigenvalue weighted by Gasteiger charge is 2.39. The van der Waals surface area contributed by atoms with Gasteiger partial charge in [0, 0.05) is 49.7 Å². The van der Waals surface area contributed by atoms with Crippen LogP contribution in [0.25, 0.3) is 11.7 Å². The first-order valence-electron chi connectivity index (χ1n) is 11.5. The number of hydrogen-bond donors (Lipinski definition) is 2. The maximum absolute atomic E-state index is 13.6. The number of nitrogens with one attached hydrogen (secondary N) is 1. The summed E-state index contributed by atoms with van der Waals surface area (Å²) in [7, 11) is 0. The predicted molar refractivity (Wildman–Crippen MR) is 121 cm³/mol. The lowest BCUT2D eigenvalue weighted by atomic mass is 9.99. The largest absolute Gasteiger partial charge is 0.494 e. The number of aromatic nitrogens is 3. The Bertz CT molecular complexity index is 1210. The second-order valence-corrected chi connectivity index (χ2v) is 9.62. The number of carbonyl (C=O) groups excluding carboxylic acids is 2. The van der Waals surface area contributed by atoms with Crippen LogP contribution in [0.5, 0.6) is 5.88 Å². The van der Waals surface area contributed by atoms with Crippen molar-refractivity contribution in [3.63, 3.8) is 0 Å². The zero-order valence-electron chi connectivity index (χ0n) is 19.4. The van der Waals surface area contributed by atoms with Crippen molar-refractivity contribution < 1.29 is 23.5 Å². The molecule has 1 atom stereocenters. The van der Waals surface area contributed by atoms with Gasteiger partial charge in [-0.1, -0.05) is 13.8 Å². The summed E-state index contributed by atoms with van der Waals surface area (Å²) in [5, 5.41) is 17.7. The Morgan fingerprint density at radius 2 is 2.06 bits per heavy atom. The van der Waals surface area contributed by atoms with E-state index in [1.54, 1.807) is 6.92 Å². The first kappa shape index (κ1) is 23.9. The number of halogens is 2. The molecule has 1 unspecified atom stereocenters. The van der Waals surface area contributed by atoms with Crippen LogP contribution in [0.3, 0.4) is 0 Å². The van der Waals surface area contributed by atoms with Crippen LogP contribution in [-0.2, 0) is 11.3 Å². The van der Waals surface area contributed by atoms with E-state index in [0.29, 0.717) is 5.56 Å². The van der Waals surface area contributed by atoms with Crippen LogP contribution < -0.4 is 10.9 Å². The van der Waals surface area contributed by atoms with Crippen molar-refractivity contribution in [1.82, 2.24) is 24.4 Å². The first-order valence-corrected chi connectivity index (χ1v) is 11.5. The van der Waals surface area contributed by atoms with Crippen molar-refractivity contribution in [1.29, 1.82) is 0 Å². The fourth-order valence-corrected chi connectivity index (χ4v) is 4.28. The molecule has 34 heavy (non-hydrogen) atoms. The highest BCUT2D eigenvalue weighted by Crippen LogP contribution is 2.32. The fourth-order valence-electron chi connectivity index (χ4n) is 4.28. The molecule has 4 rings (SSSR count). The van der Waals surface area contributed by atoms with Crippen LogP contribution in [0.4, 0.5) is 8.78 Å². The minimum absolute atomic E-state index is 0.000183. The number of hydrogen-bond acceptors (Lipinski definition) is 5. The molecular weight excluding hydrogens is 448 g/mol. The van der Waals surface area contributed by atoms with Crippen LogP contribution >= 0.6 is 0 Å². The van der Waals surface area contributed by atoms with E-state index in [-0.39, 0.29) is 42.7 Å². The Morgan fingerprint density at radius 1 is 1.35 bits per heavy atom. The standard InChI is InChI=1S/C23H29F2N5O4/c1-13(2)12-29-20-15(4-7-17(31)28-9-8-23(24,25)10-14(28)3)11-26-30(20)22(34)18(21(29)33)19(32)27-16-5-6-16/h4,7,11,13-14,16,33H,5-6,8-10,12H2,1-3H3,(H,27,32)/b7-4+. The van der Waals surface area contributed by atoms with Gasteiger partial charge in [0.05, 0.1) is 6.20 Å². The Labute approximate surface area is 195 Å². The average Bonchev–Trinajstić information content (AvgIpc) is 3.44. The molecule has 0 aromatic carbocycles. The molecule has 11 heteroatoms. The number of fused-ring (bicyclic) bond motifs is 1. The molecule has 1 saturated carbocycles. The lowest BCUT2D eigenvalue weighted by Gasteiger charge is -2.36. The molecule has 184 valence electrons. The predicted octanol–water partition coefficient (Wildman–Crippen LogP) is 2.41. The molecule has 0 spiro atoms. The minimum Gasteiger partial charge on any atom is -0.494 e. The summed E-state index contributed by atoms with van der Waals surface area (Å²) in [6, 6.07) is -0.611. The van der Waals surface area contributed by atoms with E-state index < -0.39 is 41.6 Å². The van der Waals surface area contributed by atoms with E-state index in [9.17, 15) is 28.3 Å². The molecule has 2 amide bonds. The summed E-state index contributed by atoms with van der Waals surface area (Å²) in [4.78, 5) is 39.8. The first-order chi connectivity index (χ1) is 16.0. The number of rotatable bonds is 6. The summed E-state index contributed by atoms with van der Waals surface area (Å²) in [5.41, 5.74) is -0.520. The van der Waals surface area contributed by atoms with Gasteiger partial charge in [0.2, 0.25) is 11.8 Å². The highest BCUT2D eigenvalue weighted by molar-refractivity contribution is 5.97. The van der Waals surface area contributed by atoms with E-state index in [1.807, 2.05) is 13.8 Å². The molecular formula is C23H29F2N5O4. The molecule has 1 aliphatic heterocycles. The van der Waals surface area contributed by atoms with Crippen LogP contribution in [0.2, 0.25) is 0 Å². The molecule has 2 fully saturated rings. The van der Waals surface area contributed by atoms with Crippen LogP contribution in [-0.4, -0.2) is 60.6 Å². The van der Waals surface area contributed by atoms with Crippen LogP contribution in [0, 0.1) is 5.92 Å². The molecule has 2 N–H and O–H groups in total. The topological polar surface area (TPSA) is 109 Å². The van der Waals surface area contributed by atoms with Gasteiger partial charge in [-0.15, -0.1) is 0 Å². The van der Waals surface area contributed by atoms with Gasteiger partial charge in [0.1, 0.15) is 5.65 Å². The third-order valence-electron chi connectivity index (χ3n) is 6.13. The monoisotopic (exact) mass is 477 g/mol. The van der Waals surface area contributed by atoms with E-state index in [1.165, 1.54) is 27.8 Å². The summed E-state index contributed by atoms with van der Waals surface area (Å²) in [6.45, 7) is 5.66. The maximum atomic E-state index is 13.6. The van der Waals surface area contributed by atoms with Gasteiger partial charge in [0.25, 0.3) is 17.4 Å². The van der Waals surface area contributed by atoms with Crippen molar-refractivity contribution in [2.75, 3.05) is 6.54 Å². The van der Waals surface area contributed by atoms with E-state index in [4.69, 9.17) is 0 Å². The van der Waals surface area contributed by atoms with Gasteiger partial charge in [-0.25, -0.2) is 8.78 Å². The highest BCUT2D eigenvalue weighted by atomic mass is 19.3. The fraction of sp³-hybridized carbons (Fsp3) is 0.565. The van der Waals surface area contributed by atoms with Crippen molar-refractivity contribution in [3.8, 4) is 5.88 Å². The molecule has 0 radical (unpaired) electrons. The van der Waals surface area contributed by atoms with Crippen LogP contribution in [0.15, 0.2) is 17.1 Å². The Kier molecular flexibility index (Phi) is 6.22. The number of aromatic hydroxyl groups is 1. The lowest BCUT2D eigenvalue weighted by molar-refractivity contribution is -0.136. The number of alkyl halides is 2. The van der Waals surface area contributed by atoms with Gasteiger partial charge < -0.3 is 15.3 Å². The second kappa shape index (κ2) is 8.84. The van der Waals surface area contributed by atoms with Crippen molar-refractivity contribution in [2.45, 2.75) is 71.0 Å². The zero-order valence-corrected chi connectivity index (χ0v) is 19.4. The normalized spacial score (nSPS) is 20.4. The number of nitrogens with zero attached hydrogens (tertiary/aromatic N) is 4. The van der Waals surface area contributed by atoms with Gasteiger partial charge in [-0.3, -0.25) is 19.0 Å². The Morgan fingerprint density at radius 3 is 2.68 bits per heavy atom. The molecule has 2 aromatic rings. The molecule has 9 nitrogen and oxygen atoms in total. The van der Waals surface area contributed by atoms with Gasteiger partial charge in [-0.05, 0) is 31.8 Å². The molecule has 1 aliphatic carbocycles. The molecule has 1 saturated heterocycles. The second-order valence-electron chi connectivity index (χ2n) is 9.62. The zero-order chi connectivity index (χ0) is 24.8. The number of carbonyl (C=O) groups is 2. The quantitative estimate of drug-likeness (QED) is 0.621. The third-order valence-corrected chi connectivity index (χ3v) is 6.13. The third kappa shape index (κ3) is 4.69. The molecule has 2 aliphatic rings. The van der Waals surface area contributed by atoms with Gasteiger partial charge >= 0.3 is 0 Å². The number of amides is 2. The Hall–Kier alpha value is -3.24. The summed E-state index contributed by atoms with van der Waals surface area (Å²) < 4.78 is 29.7. The average molecular weight is 478 g/mol. The van der Waals surface area contributed by atoms with E-state index >= 15 is 0 Å². The van der Waals surface area contributed by atoms with Crippen molar-refractivity contribution in [3.05, 3.63) is 33.8 Å². The SMILES string of the molecule is CC(C)Cn1c(O)c(C(=O)NC2CC2)c(=O)n2ncc(/C=C/C(=O)N3CCC(F)(F)CC3C)c12. The number of likely N-dealkylation sites (tertiary alicyclic amines) is 1. The molecule has 2 aromatic heterocycles. The summed E-state index contributed by atoms with van der Waals surface area (Å²) >= 11 is 0. The van der Waals surface area contributed by atoms with Crippen molar-refractivity contribution >= 4 is 23.5 Å². The Balaban J connectivity index is 1.70. The van der Waals surface area contributed by atoms with Gasteiger partial charge in [0.15, 0.2) is 5.56 Å². The van der Waals surface area contributed by atoms with Crippen molar-refractivity contribution in [2.24, 2.45) is 5.92 Å². The van der Waals surface area contributed by atoms with E-state index in [2.05, 4.69) is 10.4 Å². The summed E-state index contributed by atoms with van der Waals surface area (Å²) in [6.07, 6.45) is 4.95. The van der Waals surface area contributed by atoms with Gasteiger partial charge in [-0.2, -0.15) is 9.61 Å². The lowest BCUT2D eigenvalue weighted by Crippen LogP contribution is -2.47.